The third-order valence-electron chi connectivity index (χ3n) is 4.72. The molecule has 0 bridgehead atoms. The maximum Gasteiger partial charge on any atom is 0.259 e. The summed E-state index contributed by atoms with van der Waals surface area (Å²) in [5, 5.41) is 5.07. The molecule has 1 aliphatic heterocycles. The summed E-state index contributed by atoms with van der Waals surface area (Å²) in [6.45, 7) is 2.40. The van der Waals surface area contributed by atoms with Gasteiger partial charge in [0.25, 0.3) is 5.89 Å². The van der Waals surface area contributed by atoms with E-state index in [0.29, 0.717) is 60.0 Å². The van der Waals surface area contributed by atoms with Crippen molar-refractivity contribution in [3.05, 3.63) is 64.4 Å². The van der Waals surface area contributed by atoms with E-state index in [-0.39, 0.29) is 4.90 Å². The molecular weight excluding hydrogens is 435 g/mol. The average molecular weight is 453 g/mol. The van der Waals surface area contributed by atoms with Gasteiger partial charge in [-0.2, -0.15) is 9.29 Å². The van der Waals surface area contributed by atoms with Gasteiger partial charge in [0.15, 0.2) is 5.82 Å². The van der Waals surface area contributed by atoms with Crippen LogP contribution in [0.15, 0.2) is 57.9 Å². The van der Waals surface area contributed by atoms with E-state index in [0.717, 1.165) is 0 Å². The van der Waals surface area contributed by atoms with Gasteiger partial charge < -0.3 is 4.52 Å². The van der Waals surface area contributed by atoms with Crippen molar-refractivity contribution < 1.29 is 12.9 Å². The molecule has 1 fully saturated rings. The molecule has 0 N–H and O–H groups in total. The minimum absolute atomic E-state index is 0.248. The molecule has 3 aromatic rings. The summed E-state index contributed by atoms with van der Waals surface area (Å²) in [5.74, 6) is 0.906. The quantitative estimate of drug-likeness (QED) is 0.588. The summed E-state index contributed by atoms with van der Waals surface area (Å²) in [7, 11) is -3.53. The van der Waals surface area contributed by atoms with Gasteiger partial charge in [0, 0.05) is 31.2 Å². The van der Waals surface area contributed by atoms with E-state index in [2.05, 4.69) is 15.0 Å². The fourth-order valence-electron chi connectivity index (χ4n) is 3.15. The molecule has 0 spiro atoms. The molecule has 2 heterocycles. The number of aromatic nitrogens is 2. The van der Waals surface area contributed by atoms with E-state index >= 15 is 0 Å². The Morgan fingerprint density at radius 1 is 0.966 bits per heavy atom. The number of hydrogen-bond donors (Lipinski definition) is 0. The summed E-state index contributed by atoms with van der Waals surface area (Å²) < 4.78 is 32.3. The Morgan fingerprint density at radius 3 is 2.34 bits per heavy atom. The van der Waals surface area contributed by atoms with E-state index in [4.69, 9.17) is 27.7 Å². The van der Waals surface area contributed by atoms with Crippen LogP contribution in [-0.4, -0.2) is 53.9 Å². The third kappa shape index (κ3) is 4.46. The smallest absolute Gasteiger partial charge is 0.259 e. The second-order valence-electron chi connectivity index (χ2n) is 6.63. The van der Waals surface area contributed by atoms with Crippen LogP contribution < -0.4 is 0 Å². The highest BCUT2D eigenvalue weighted by Crippen LogP contribution is 2.26. The van der Waals surface area contributed by atoms with E-state index in [1.807, 2.05) is 18.2 Å². The van der Waals surface area contributed by atoms with Crippen LogP contribution in [0.4, 0.5) is 0 Å². The van der Waals surface area contributed by atoms with E-state index in [1.165, 1.54) is 16.4 Å². The van der Waals surface area contributed by atoms with Gasteiger partial charge in [0.2, 0.25) is 10.0 Å². The zero-order chi connectivity index (χ0) is 20.4. The molecule has 1 aliphatic rings. The molecule has 0 atom stereocenters. The molecule has 1 aromatic heterocycles. The molecule has 0 saturated carbocycles. The zero-order valence-electron chi connectivity index (χ0n) is 15.3. The average Bonchev–Trinajstić information content (AvgIpc) is 3.17. The van der Waals surface area contributed by atoms with Crippen LogP contribution in [0.3, 0.4) is 0 Å². The summed E-state index contributed by atoms with van der Waals surface area (Å²) in [4.78, 5) is 6.75. The Bertz CT molecular complexity index is 1090. The molecular formula is C19H18Cl2N4O3S. The summed E-state index contributed by atoms with van der Waals surface area (Å²) >= 11 is 12.0. The van der Waals surface area contributed by atoms with Gasteiger partial charge in [-0.05, 0) is 36.4 Å². The van der Waals surface area contributed by atoms with Gasteiger partial charge in [-0.3, -0.25) is 4.90 Å². The largest absolute Gasteiger partial charge is 0.334 e. The third-order valence-corrected chi connectivity index (χ3v) is 7.21. The minimum Gasteiger partial charge on any atom is -0.334 e. The fourth-order valence-corrected chi connectivity index (χ4v) is 4.91. The zero-order valence-corrected chi connectivity index (χ0v) is 17.7. The first-order chi connectivity index (χ1) is 13.9. The predicted octanol–water partition coefficient (Wildman–Crippen LogP) is 3.55. The first-order valence-electron chi connectivity index (χ1n) is 8.99. The first kappa shape index (κ1) is 20.3. The normalized spacial score (nSPS) is 16.2. The van der Waals surface area contributed by atoms with Crippen molar-refractivity contribution in [1.82, 2.24) is 19.3 Å². The highest BCUT2D eigenvalue weighted by molar-refractivity contribution is 7.89. The van der Waals surface area contributed by atoms with Crippen LogP contribution in [0.5, 0.6) is 0 Å². The number of hydrogen-bond acceptors (Lipinski definition) is 6. The van der Waals surface area contributed by atoms with Gasteiger partial charge in [-0.15, -0.1) is 0 Å². The molecule has 4 rings (SSSR count). The van der Waals surface area contributed by atoms with Gasteiger partial charge in [-0.25, -0.2) is 8.42 Å². The SMILES string of the molecule is O=S(=O)(c1ccc(Cl)cc1)N1CCN(Cc2noc(-c3ccccc3Cl)n2)CC1. The maximum atomic E-state index is 12.8. The lowest BCUT2D eigenvalue weighted by atomic mass is 10.2. The Morgan fingerprint density at radius 2 is 1.66 bits per heavy atom. The molecule has 10 heteroatoms. The van der Waals surface area contributed by atoms with Crippen LogP contribution in [0.2, 0.25) is 10.0 Å². The fraction of sp³-hybridized carbons (Fsp3) is 0.263. The molecule has 1 saturated heterocycles. The second-order valence-corrected chi connectivity index (χ2v) is 9.41. The van der Waals surface area contributed by atoms with Gasteiger partial charge in [0.05, 0.1) is 22.0 Å². The predicted molar refractivity (Wildman–Crippen MR) is 110 cm³/mol. The monoisotopic (exact) mass is 452 g/mol. The van der Waals surface area contributed by atoms with Gasteiger partial charge in [-0.1, -0.05) is 40.5 Å². The Labute approximate surface area is 178 Å². The van der Waals surface area contributed by atoms with Crippen molar-refractivity contribution in [2.75, 3.05) is 26.2 Å². The molecule has 7 nitrogen and oxygen atoms in total. The van der Waals surface area contributed by atoms with E-state index < -0.39 is 10.0 Å². The van der Waals surface area contributed by atoms with Crippen LogP contribution in [-0.2, 0) is 16.6 Å². The second kappa shape index (κ2) is 8.41. The molecule has 0 unspecified atom stereocenters. The molecule has 2 aromatic carbocycles. The van der Waals surface area contributed by atoms with Gasteiger partial charge in [0.1, 0.15) is 0 Å². The minimum atomic E-state index is -3.53. The number of piperazine rings is 1. The first-order valence-corrected chi connectivity index (χ1v) is 11.2. The summed E-state index contributed by atoms with van der Waals surface area (Å²) in [6, 6.07) is 13.5. The van der Waals surface area contributed by atoms with Crippen LogP contribution in [0.25, 0.3) is 11.5 Å². The van der Waals surface area contributed by atoms with Crippen molar-refractivity contribution in [1.29, 1.82) is 0 Å². The highest BCUT2D eigenvalue weighted by atomic mass is 35.5. The van der Waals surface area contributed by atoms with Crippen molar-refractivity contribution in [2.45, 2.75) is 11.4 Å². The number of rotatable bonds is 5. The lowest BCUT2D eigenvalue weighted by molar-refractivity contribution is 0.176. The van der Waals surface area contributed by atoms with Crippen LogP contribution >= 0.6 is 23.2 Å². The topological polar surface area (TPSA) is 79.5 Å². The molecule has 0 aliphatic carbocycles. The molecule has 0 radical (unpaired) electrons. The van der Waals surface area contributed by atoms with Crippen LogP contribution in [0, 0.1) is 0 Å². The molecule has 0 amide bonds. The van der Waals surface area contributed by atoms with Gasteiger partial charge >= 0.3 is 0 Å². The Hall–Kier alpha value is -1.97. The standard InChI is InChI=1S/C19H18Cl2N4O3S/c20-14-5-7-15(8-6-14)29(26,27)25-11-9-24(10-12-25)13-18-22-19(28-23-18)16-3-1-2-4-17(16)21/h1-8H,9-13H2. The molecule has 29 heavy (non-hydrogen) atoms. The summed E-state index contributed by atoms with van der Waals surface area (Å²) in [5.41, 5.74) is 0.687. The molecule has 152 valence electrons. The van der Waals surface area contributed by atoms with Crippen molar-refractivity contribution in [3.8, 4) is 11.5 Å². The number of benzene rings is 2. The van der Waals surface area contributed by atoms with Crippen molar-refractivity contribution in [2.24, 2.45) is 0 Å². The lowest BCUT2D eigenvalue weighted by Gasteiger charge is -2.33. The van der Waals surface area contributed by atoms with Crippen LogP contribution in [0.1, 0.15) is 5.82 Å². The number of sulfonamides is 1. The Kier molecular flexibility index (Phi) is 5.89. The highest BCUT2D eigenvalue weighted by Gasteiger charge is 2.29. The van der Waals surface area contributed by atoms with Crippen molar-refractivity contribution in [3.63, 3.8) is 0 Å². The van der Waals surface area contributed by atoms with E-state index in [9.17, 15) is 8.42 Å². The summed E-state index contributed by atoms with van der Waals surface area (Å²) in [6.07, 6.45) is 0. The maximum absolute atomic E-state index is 12.8. The van der Waals surface area contributed by atoms with E-state index in [1.54, 1.807) is 18.2 Å². The number of halogens is 2. The van der Waals surface area contributed by atoms with Crippen molar-refractivity contribution >= 4 is 33.2 Å². The lowest BCUT2D eigenvalue weighted by Crippen LogP contribution is -2.48. The Balaban J connectivity index is 1.38. The number of nitrogens with zero attached hydrogens (tertiary/aromatic N) is 4.